The predicted octanol–water partition coefficient (Wildman–Crippen LogP) is 5.28. The molecule has 37 heavy (non-hydrogen) atoms. The van der Waals surface area contributed by atoms with Crippen LogP contribution in [-0.2, 0) is 11.3 Å². The number of aromatic nitrogens is 2. The van der Waals surface area contributed by atoms with Crippen LogP contribution in [0.2, 0.25) is 5.02 Å². The molecule has 0 radical (unpaired) electrons. The first-order valence-corrected chi connectivity index (χ1v) is 13.3. The number of amides is 2. The largest absolute Gasteiger partial charge is 0.352 e. The summed E-state index contributed by atoms with van der Waals surface area (Å²) in [4.78, 5) is 43.0. The third kappa shape index (κ3) is 6.58. The maximum absolute atomic E-state index is 13.4. The number of nitrogens with one attached hydrogen (secondary N) is 2. The van der Waals surface area contributed by atoms with E-state index in [0.29, 0.717) is 38.9 Å². The van der Waals surface area contributed by atoms with E-state index in [2.05, 4.69) is 15.6 Å². The number of aryl methyl sites for hydroxylation is 1. The van der Waals surface area contributed by atoms with Crippen LogP contribution >= 0.6 is 23.4 Å². The van der Waals surface area contributed by atoms with Gasteiger partial charge in [0.1, 0.15) is 0 Å². The average Bonchev–Trinajstić information content (AvgIpc) is 2.90. The van der Waals surface area contributed by atoms with Crippen LogP contribution in [0.3, 0.4) is 0 Å². The van der Waals surface area contributed by atoms with Gasteiger partial charge in [-0.2, -0.15) is 0 Å². The number of halogens is 1. The maximum atomic E-state index is 13.4. The van der Waals surface area contributed by atoms with E-state index in [1.54, 1.807) is 47.0 Å². The van der Waals surface area contributed by atoms with Crippen LogP contribution < -0.4 is 16.2 Å². The van der Waals surface area contributed by atoms with Gasteiger partial charge in [-0.1, -0.05) is 60.6 Å². The van der Waals surface area contributed by atoms with Gasteiger partial charge in [0.25, 0.3) is 11.5 Å². The highest BCUT2D eigenvalue weighted by atomic mass is 35.5. The Balaban J connectivity index is 1.57. The molecule has 0 saturated carbocycles. The molecule has 0 saturated heterocycles. The zero-order valence-electron chi connectivity index (χ0n) is 20.6. The maximum Gasteiger partial charge on any atom is 0.262 e. The minimum absolute atomic E-state index is 0.0628. The average molecular weight is 535 g/mol. The van der Waals surface area contributed by atoms with Crippen molar-refractivity contribution in [1.82, 2.24) is 14.9 Å². The minimum atomic E-state index is -0.230. The summed E-state index contributed by atoms with van der Waals surface area (Å²) in [5.41, 5.74) is 3.32. The van der Waals surface area contributed by atoms with Gasteiger partial charge in [0.05, 0.1) is 23.2 Å². The van der Waals surface area contributed by atoms with Crippen molar-refractivity contribution in [2.45, 2.75) is 32.0 Å². The van der Waals surface area contributed by atoms with E-state index in [-0.39, 0.29) is 29.7 Å². The molecule has 9 heteroatoms. The Morgan fingerprint density at radius 3 is 2.57 bits per heavy atom. The van der Waals surface area contributed by atoms with Crippen LogP contribution in [0.4, 0.5) is 5.69 Å². The van der Waals surface area contributed by atoms with Gasteiger partial charge >= 0.3 is 0 Å². The highest BCUT2D eigenvalue weighted by molar-refractivity contribution is 7.99. The molecule has 3 aromatic carbocycles. The highest BCUT2D eigenvalue weighted by Gasteiger charge is 2.15. The molecule has 4 aromatic rings. The second-order valence-corrected chi connectivity index (χ2v) is 9.93. The molecule has 0 fully saturated rings. The summed E-state index contributed by atoms with van der Waals surface area (Å²) in [5, 5.41) is 7.20. The van der Waals surface area contributed by atoms with Gasteiger partial charge in [0.2, 0.25) is 5.91 Å². The van der Waals surface area contributed by atoms with Crippen molar-refractivity contribution in [3.63, 3.8) is 0 Å². The van der Waals surface area contributed by atoms with E-state index in [1.807, 2.05) is 38.1 Å². The van der Waals surface area contributed by atoms with Crippen molar-refractivity contribution >= 4 is 51.8 Å². The minimum Gasteiger partial charge on any atom is -0.352 e. The summed E-state index contributed by atoms with van der Waals surface area (Å²) in [6, 6.07) is 19.6. The molecule has 0 atom stereocenters. The number of benzene rings is 3. The number of hydrogen-bond acceptors (Lipinski definition) is 5. The molecule has 2 amide bonds. The van der Waals surface area contributed by atoms with E-state index < -0.39 is 0 Å². The standard InChI is InChI=1S/C28H27ClN4O3S/c1-3-14-30-26(35)20-11-9-19(10-12-20)16-33-27(36)22-6-4-5-7-23(22)32-28(33)37-17-25(34)31-24-15-21(29)13-8-18(24)2/h4-13,15H,3,14,16-17H2,1-2H3,(H,30,35)(H,31,34). The van der Waals surface area contributed by atoms with E-state index in [4.69, 9.17) is 11.6 Å². The molecule has 0 spiro atoms. The summed E-state index contributed by atoms with van der Waals surface area (Å²) in [6.07, 6.45) is 0.860. The molecule has 7 nitrogen and oxygen atoms in total. The lowest BCUT2D eigenvalue weighted by molar-refractivity contribution is -0.113. The fourth-order valence-electron chi connectivity index (χ4n) is 3.73. The van der Waals surface area contributed by atoms with Crippen molar-refractivity contribution in [1.29, 1.82) is 0 Å². The van der Waals surface area contributed by atoms with Crippen LogP contribution in [0.15, 0.2) is 76.7 Å². The fraction of sp³-hybridized carbons (Fsp3) is 0.214. The lowest BCUT2D eigenvalue weighted by atomic mass is 10.1. The van der Waals surface area contributed by atoms with Crippen LogP contribution in [0.25, 0.3) is 10.9 Å². The smallest absolute Gasteiger partial charge is 0.262 e. The molecule has 1 aromatic heterocycles. The first kappa shape index (κ1) is 26.4. The number of para-hydroxylation sites is 1. The fourth-order valence-corrected chi connectivity index (χ4v) is 4.70. The Morgan fingerprint density at radius 1 is 1.05 bits per heavy atom. The summed E-state index contributed by atoms with van der Waals surface area (Å²) in [7, 11) is 0. The first-order chi connectivity index (χ1) is 17.9. The lowest BCUT2D eigenvalue weighted by Gasteiger charge is -2.14. The number of anilines is 1. The van der Waals surface area contributed by atoms with Crippen molar-refractivity contribution in [2.24, 2.45) is 0 Å². The number of rotatable bonds is 9. The molecule has 1 heterocycles. The zero-order valence-corrected chi connectivity index (χ0v) is 22.2. The summed E-state index contributed by atoms with van der Waals surface area (Å²) in [5.74, 6) is -0.297. The van der Waals surface area contributed by atoms with E-state index in [0.717, 1.165) is 17.5 Å². The monoisotopic (exact) mass is 534 g/mol. The van der Waals surface area contributed by atoms with Crippen molar-refractivity contribution < 1.29 is 9.59 Å². The van der Waals surface area contributed by atoms with Crippen LogP contribution in [0.5, 0.6) is 0 Å². The highest BCUT2D eigenvalue weighted by Crippen LogP contribution is 2.22. The molecule has 0 unspecified atom stereocenters. The lowest BCUT2D eigenvalue weighted by Crippen LogP contribution is -2.25. The molecule has 0 aliphatic heterocycles. The number of thioether (sulfide) groups is 1. The van der Waals surface area contributed by atoms with Crippen molar-refractivity contribution in [3.05, 3.63) is 98.8 Å². The van der Waals surface area contributed by atoms with Crippen molar-refractivity contribution in [2.75, 3.05) is 17.6 Å². The molecular weight excluding hydrogens is 508 g/mol. The molecule has 0 aliphatic rings. The van der Waals surface area contributed by atoms with E-state index in [1.165, 1.54) is 11.8 Å². The Morgan fingerprint density at radius 2 is 1.81 bits per heavy atom. The summed E-state index contributed by atoms with van der Waals surface area (Å²) < 4.78 is 1.57. The number of nitrogens with zero attached hydrogens (tertiary/aromatic N) is 2. The van der Waals surface area contributed by atoms with E-state index in [9.17, 15) is 14.4 Å². The molecule has 190 valence electrons. The van der Waals surface area contributed by atoms with Gasteiger partial charge in [0, 0.05) is 22.8 Å². The van der Waals surface area contributed by atoms with Crippen LogP contribution in [0.1, 0.15) is 34.8 Å². The topological polar surface area (TPSA) is 93.1 Å². The van der Waals surface area contributed by atoms with Gasteiger partial charge in [-0.25, -0.2) is 4.98 Å². The summed E-state index contributed by atoms with van der Waals surface area (Å²) >= 11 is 7.26. The van der Waals surface area contributed by atoms with Crippen LogP contribution in [0, 0.1) is 6.92 Å². The second kappa shape index (κ2) is 12.1. The van der Waals surface area contributed by atoms with Gasteiger partial charge in [-0.15, -0.1) is 0 Å². The number of carbonyl (C=O) groups excluding carboxylic acids is 2. The second-order valence-electron chi connectivity index (χ2n) is 8.55. The Kier molecular flexibility index (Phi) is 8.63. The Bertz CT molecular complexity index is 1500. The van der Waals surface area contributed by atoms with Gasteiger partial charge in [-0.3, -0.25) is 19.0 Å². The third-order valence-corrected chi connectivity index (χ3v) is 6.94. The first-order valence-electron chi connectivity index (χ1n) is 11.9. The third-order valence-electron chi connectivity index (χ3n) is 5.73. The predicted molar refractivity (Wildman–Crippen MR) is 150 cm³/mol. The molecule has 4 rings (SSSR count). The Hall–Kier alpha value is -3.62. The quantitative estimate of drug-likeness (QED) is 0.225. The van der Waals surface area contributed by atoms with Crippen LogP contribution in [-0.4, -0.2) is 33.7 Å². The SMILES string of the molecule is CCCNC(=O)c1ccc(Cn2c(SCC(=O)Nc3cc(Cl)ccc3C)nc3ccccc3c2=O)cc1. The molecular formula is C28H27ClN4O3S. The van der Waals surface area contributed by atoms with E-state index >= 15 is 0 Å². The van der Waals surface area contributed by atoms with Crippen molar-refractivity contribution in [3.8, 4) is 0 Å². The molecule has 2 N–H and O–H groups in total. The number of hydrogen-bond donors (Lipinski definition) is 2. The normalized spacial score (nSPS) is 10.9. The Labute approximate surface area is 224 Å². The van der Waals surface area contributed by atoms with Gasteiger partial charge in [0.15, 0.2) is 5.16 Å². The van der Waals surface area contributed by atoms with Gasteiger partial charge < -0.3 is 10.6 Å². The molecule has 0 aliphatic carbocycles. The number of fused-ring (bicyclic) bond motifs is 1. The number of carbonyl (C=O) groups is 2. The molecule has 0 bridgehead atoms. The van der Waals surface area contributed by atoms with Gasteiger partial charge in [-0.05, 0) is 60.9 Å². The zero-order chi connectivity index (χ0) is 26.4. The summed E-state index contributed by atoms with van der Waals surface area (Å²) in [6.45, 7) is 4.76.